The molecule has 1 aliphatic rings. The molecular weight excluding hydrogens is 366 g/mol. The molecule has 5 nitrogen and oxygen atoms in total. The normalized spacial score (nSPS) is 15.0. The molecule has 2 aromatic rings. The van der Waals surface area contributed by atoms with Crippen molar-refractivity contribution in [1.29, 1.82) is 0 Å². The molecule has 0 spiro atoms. The third-order valence-electron chi connectivity index (χ3n) is 4.67. The molecule has 2 N–H and O–H groups in total. The SMILES string of the molecule is Cc1cccc(NC(=S)Nc2ccc(S(=O)(=O)N3CCCC3)cc2)c1C. The number of benzene rings is 2. The van der Waals surface area contributed by atoms with Gasteiger partial charge in [0, 0.05) is 24.5 Å². The van der Waals surface area contributed by atoms with Gasteiger partial charge in [-0.05, 0) is 80.4 Å². The van der Waals surface area contributed by atoms with Crippen molar-refractivity contribution in [3.05, 3.63) is 53.6 Å². The van der Waals surface area contributed by atoms with Gasteiger partial charge in [0.1, 0.15) is 0 Å². The minimum atomic E-state index is -3.39. The number of sulfonamides is 1. The fraction of sp³-hybridized carbons (Fsp3) is 0.316. The van der Waals surface area contributed by atoms with Crippen molar-refractivity contribution in [2.24, 2.45) is 0 Å². The molecule has 1 aliphatic heterocycles. The van der Waals surface area contributed by atoms with E-state index in [0.29, 0.717) is 23.1 Å². The second kappa shape index (κ2) is 7.73. The lowest BCUT2D eigenvalue weighted by molar-refractivity contribution is 0.477. The first-order valence-corrected chi connectivity index (χ1v) is 10.5. The van der Waals surface area contributed by atoms with Crippen LogP contribution in [0.5, 0.6) is 0 Å². The molecule has 3 rings (SSSR count). The Morgan fingerprint density at radius 1 is 1.00 bits per heavy atom. The topological polar surface area (TPSA) is 61.4 Å². The van der Waals surface area contributed by atoms with Crippen LogP contribution in [0.2, 0.25) is 0 Å². The molecule has 0 aromatic heterocycles. The Morgan fingerprint density at radius 3 is 2.31 bits per heavy atom. The van der Waals surface area contributed by atoms with E-state index in [1.807, 2.05) is 19.1 Å². The number of thiocarbonyl (C=S) groups is 1. The zero-order valence-corrected chi connectivity index (χ0v) is 16.6. The van der Waals surface area contributed by atoms with Gasteiger partial charge in [-0.25, -0.2) is 8.42 Å². The summed E-state index contributed by atoms with van der Waals surface area (Å²) in [5.41, 5.74) is 4.03. The van der Waals surface area contributed by atoms with Gasteiger partial charge in [0.25, 0.3) is 0 Å². The minimum Gasteiger partial charge on any atom is -0.332 e. The number of anilines is 2. The van der Waals surface area contributed by atoms with E-state index in [4.69, 9.17) is 12.2 Å². The Morgan fingerprint density at radius 2 is 1.65 bits per heavy atom. The van der Waals surface area contributed by atoms with Gasteiger partial charge in [0.2, 0.25) is 10.0 Å². The molecule has 26 heavy (non-hydrogen) atoms. The quantitative estimate of drug-likeness (QED) is 0.777. The summed E-state index contributed by atoms with van der Waals surface area (Å²) in [7, 11) is -3.39. The van der Waals surface area contributed by atoms with Crippen molar-refractivity contribution in [2.45, 2.75) is 31.6 Å². The van der Waals surface area contributed by atoms with Crippen LogP contribution in [0.25, 0.3) is 0 Å². The van der Waals surface area contributed by atoms with Gasteiger partial charge >= 0.3 is 0 Å². The molecule has 0 saturated carbocycles. The molecule has 0 aliphatic carbocycles. The maximum Gasteiger partial charge on any atom is 0.243 e. The van der Waals surface area contributed by atoms with E-state index in [-0.39, 0.29) is 0 Å². The Bertz CT molecular complexity index is 903. The fourth-order valence-corrected chi connectivity index (χ4v) is 4.70. The standard InChI is InChI=1S/C19H23N3O2S2/c1-14-6-5-7-18(15(14)2)21-19(25)20-16-8-10-17(11-9-16)26(23,24)22-12-3-4-13-22/h5-11H,3-4,12-13H2,1-2H3,(H2,20,21,25). The van der Waals surface area contributed by atoms with Crippen molar-refractivity contribution >= 4 is 38.7 Å². The van der Waals surface area contributed by atoms with Crippen LogP contribution in [-0.4, -0.2) is 30.9 Å². The molecule has 7 heteroatoms. The number of rotatable bonds is 4. The average molecular weight is 390 g/mol. The van der Waals surface area contributed by atoms with E-state index in [9.17, 15) is 8.42 Å². The molecular formula is C19H23N3O2S2. The Labute approximate surface area is 160 Å². The van der Waals surface area contributed by atoms with Gasteiger partial charge in [0.15, 0.2) is 5.11 Å². The van der Waals surface area contributed by atoms with Crippen LogP contribution in [0, 0.1) is 13.8 Å². The van der Waals surface area contributed by atoms with Gasteiger partial charge in [-0.2, -0.15) is 4.31 Å². The molecule has 0 amide bonds. The molecule has 2 aromatic carbocycles. The van der Waals surface area contributed by atoms with Crippen LogP contribution >= 0.6 is 12.2 Å². The van der Waals surface area contributed by atoms with E-state index in [2.05, 4.69) is 23.6 Å². The van der Waals surface area contributed by atoms with E-state index >= 15 is 0 Å². The lowest BCUT2D eigenvalue weighted by Crippen LogP contribution is -2.27. The molecule has 0 radical (unpaired) electrons. The van der Waals surface area contributed by atoms with E-state index < -0.39 is 10.0 Å². The largest absolute Gasteiger partial charge is 0.332 e. The Hall–Kier alpha value is -1.96. The van der Waals surface area contributed by atoms with Crippen LogP contribution in [0.4, 0.5) is 11.4 Å². The highest BCUT2D eigenvalue weighted by Crippen LogP contribution is 2.23. The highest BCUT2D eigenvalue weighted by atomic mass is 32.2. The summed E-state index contributed by atoms with van der Waals surface area (Å²) in [5.74, 6) is 0. The lowest BCUT2D eigenvalue weighted by Gasteiger charge is -2.16. The maximum atomic E-state index is 12.5. The van der Waals surface area contributed by atoms with Gasteiger partial charge in [0.05, 0.1) is 4.90 Å². The monoisotopic (exact) mass is 389 g/mol. The summed E-state index contributed by atoms with van der Waals surface area (Å²) in [4.78, 5) is 0.318. The number of aryl methyl sites for hydroxylation is 1. The predicted octanol–water partition coefficient (Wildman–Crippen LogP) is 3.90. The molecule has 1 heterocycles. The molecule has 0 unspecified atom stereocenters. The Balaban J connectivity index is 1.67. The van der Waals surface area contributed by atoms with Crippen molar-refractivity contribution in [3.63, 3.8) is 0 Å². The predicted molar refractivity (Wildman–Crippen MR) is 110 cm³/mol. The zero-order chi connectivity index (χ0) is 18.7. The summed E-state index contributed by atoms with van der Waals surface area (Å²) >= 11 is 5.37. The summed E-state index contributed by atoms with van der Waals surface area (Å²) in [6, 6.07) is 12.7. The van der Waals surface area contributed by atoms with Gasteiger partial charge in [-0.1, -0.05) is 12.1 Å². The summed E-state index contributed by atoms with van der Waals surface area (Å²) in [6.07, 6.45) is 1.86. The van der Waals surface area contributed by atoms with Gasteiger partial charge in [-0.15, -0.1) is 0 Å². The Kier molecular flexibility index (Phi) is 5.60. The second-order valence-electron chi connectivity index (χ2n) is 6.46. The van der Waals surface area contributed by atoms with Crippen molar-refractivity contribution in [1.82, 2.24) is 4.31 Å². The van der Waals surface area contributed by atoms with Crippen LogP contribution < -0.4 is 10.6 Å². The lowest BCUT2D eigenvalue weighted by atomic mass is 10.1. The van der Waals surface area contributed by atoms with E-state index in [1.165, 1.54) is 5.56 Å². The third kappa shape index (κ3) is 4.06. The van der Waals surface area contributed by atoms with Gasteiger partial charge in [-0.3, -0.25) is 0 Å². The highest BCUT2D eigenvalue weighted by Gasteiger charge is 2.26. The summed E-state index contributed by atoms with van der Waals surface area (Å²) in [5, 5.41) is 6.75. The fourth-order valence-electron chi connectivity index (χ4n) is 2.96. The van der Waals surface area contributed by atoms with Crippen molar-refractivity contribution < 1.29 is 8.42 Å². The third-order valence-corrected chi connectivity index (χ3v) is 6.78. The van der Waals surface area contributed by atoms with Crippen LogP contribution in [0.1, 0.15) is 24.0 Å². The number of nitrogens with one attached hydrogen (secondary N) is 2. The molecule has 0 atom stereocenters. The number of nitrogens with zero attached hydrogens (tertiary/aromatic N) is 1. The van der Waals surface area contributed by atoms with Crippen molar-refractivity contribution in [2.75, 3.05) is 23.7 Å². The first-order valence-electron chi connectivity index (χ1n) is 8.62. The van der Waals surface area contributed by atoms with E-state index in [0.717, 1.165) is 29.8 Å². The highest BCUT2D eigenvalue weighted by molar-refractivity contribution is 7.89. The maximum absolute atomic E-state index is 12.5. The summed E-state index contributed by atoms with van der Waals surface area (Å²) < 4.78 is 26.6. The van der Waals surface area contributed by atoms with E-state index in [1.54, 1.807) is 28.6 Å². The van der Waals surface area contributed by atoms with Crippen LogP contribution in [-0.2, 0) is 10.0 Å². The van der Waals surface area contributed by atoms with Crippen LogP contribution in [0.3, 0.4) is 0 Å². The first-order chi connectivity index (χ1) is 12.4. The van der Waals surface area contributed by atoms with Crippen molar-refractivity contribution in [3.8, 4) is 0 Å². The summed E-state index contributed by atoms with van der Waals surface area (Å²) in [6.45, 7) is 5.30. The number of hydrogen-bond donors (Lipinski definition) is 2. The average Bonchev–Trinajstić information content (AvgIpc) is 3.15. The number of hydrogen-bond acceptors (Lipinski definition) is 3. The molecule has 1 saturated heterocycles. The minimum absolute atomic E-state index is 0.318. The smallest absolute Gasteiger partial charge is 0.243 e. The molecule has 0 bridgehead atoms. The molecule has 138 valence electrons. The van der Waals surface area contributed by atoms with Gasteiger partial charge < -0.3 is 10.6 Å². The van der Waals surface area contributed by atoms with Crippen LogP contribution in [0.15, 0.2) is 47.4 Å². The second-order valence-corrected chi connectivity index (χ2v) is 8.81. The first kappa shape index (κ1) is 18.8. The molecule has 1 fully saturated rings. The zero-order valence-electron chi connectivity index (χ0n) is 15.0.